The lowest BCUT2D eigenvalue weighted by Gasteiger charge is -2.11. The number of sulfonamides is 1. The first-order chi connectivity index (χ1) is 9.35. The van der Waals surface area contributed by atoms with Crippen LogP contribution in [0.3, 0.4) is 0 Å². The molecule has 0 saturated heterocycles. The summed E-state index contributed by atoms with van der Waals surface area (Å²) in [7, 11) is -3.63. The number of aryl methyl sites for hydroxylation is 1. The Kier molecular flexibility index (Phi) is 4.39. The van der Waals surface area contributed by atoms with Crippen LogP contribution in [0, 0.1) is 13.8 Å². The standard InChI is InChI=1S/C13H15ClN2O2S2/c1-8-11(14)4-3-5-12(8)16-20(17,18)13-6-10(7-15)19-9(13)2/h3-6,16H,7,15H2,1-2H3. The second kappa shape index (κ2) is 5.73. The molecule has 0 saturated carbocycles. The minimum Gasteiger partial charge on any atom is -0.326 e. The zero-order valence-corrected chi connectivity index (χ0v) is 13.5. The van der Waals surface area contributed by atoms with E-state index in [4.69, 9.17) is 17.3 Å². The summed E-state index contributed by atoms with van der Waals surface area (Å²) in [5.74, 6) is 0. The first-order valence-corrected chi connectivity index (χ1v) is 8.60. The van der Waals surface area contributed by atoms with Gasteiger partial charge in [-0.15, -0.1) is 11.3 Å². The number of anilines is 1. The van der Waals surface area contributed by atoms with Gasteiger partial charge >= 0.3 is 0 Å². The first kappa shape index (κ1) is 15.3. The van der Waals surface area contributed by atoms with Gasteiger partial charge in [-0.2, -0.15) is 0 Å². The van der Waals surface area contributed by atoms with Crippen molar-refractivity contribution in [1.82, 2.24) is 0 Å². The molecule has 7 heteroatoms. The molecule has 4 nitrogen and oxygen atoms in total. The second-order valence-corrected chi connectivity index (χ2v) is 7.75. The third kappa shape index (κ3) is 2.98. The van der Waals surface area contributed by atoms with Crippen LogP contribution in [-0.4, -0.2) is 8.42 Å². The van der Waals surface area contributed by atoms with E-state index >= 15 is 0 Å². The van der Waals surface area contributed by atoms with Crippen molar-refractivity contribution in [3.8, 4) is 0 Å². The van der Waals surface area contributed by atoms with Gasteiger partial charge in [0.05, 0.1) is 5.69 Å². The first-order valence-electron chi connectivity index (χ1n) is 5.92. The van der Waals surface area contributed by atoms with Crippen molar-refractivity contribution >= 4 is 38.6 Å². The van der Waals surface area contributed by atoms with Gasteiger partial charge in [0.2, 0.25) is 0 Å². The molecule has 1 aromatic heterocycles. The van der Waals surface area contributed by atoms with Gasteiger partial charge in [0.25, 0.3) is 10.0 Å². The van der Waals surface area contributed by atoms with Gasteiger partial charge in [-0.05, 0) is 37.6 Å². The Hall–Kier alpha value is -1.08. The minimum absolute atomic E-state index is 0.266. The smallest absolute Gasteiger partial charge is 0.263 e. The summed E-state index contributed by atoms with van der Waals surface area (Å²) in [5, 5.41) is 0.523. The third-order valence-corrected chi connectivity index (χ3v) is 6.03. The van der Waals surface area contributed by atoms with Crippen LogP contribution in [0.2, 0.25) is 5.02 Å². The molecule has 0 atom stereocenters. The van der Waals surface area contributed by atoms with Gasteiger partial charge in [-0.3, -0.25) is 4.72 Å². The highest BCUT2D eigenvalue weighted by Gasteiger charge is 2.20. The zero-order valence-electron chi connectivity index (χ0n) is 11.1. The van der Waals surface area contributed by atoms with E-state index in [9.17, 15) is 8.42 Å². The lowest BCUT2D eigenvalue weighted by Crippen LogP contribution is -2.14. The number of nitrogens with two attached hydrogens (primary N) is 1. The number of nitrogens with one attached hydrogen (secondary N) is 1. The average Bonchev–Trinajstić information content (AvgIpc) is 2.77. The molecular formula is C13H15ClN2O2S2. The van der Waals surface area contributed by atoms with E-state index in [1.165, 1.54) is 11.3 Å². The van der Waals surface area contributed by atoms with Crippen molar-refractivity contribution in [2.24, 2.45) is 5.73 Å². The molecule has 3 N–H and O–H groups in total. The van der Waals surface area contributed by atoms with Crippen LogP contribution < -0.4 is 10.5 Å². The van der Waals surface area contributed by atoms with E-state index in [2.05, 4.69) is 4.72 Å². The zero-order chi connectivity index (χ0) is 14.9. The molecule has 1 aromatic carbocycles. The lowest BCUT2D eigenvalue weighted by molar-refractivity contribution is 0.601. The number of thiophene rings is 1. The normalized spacial score (nSPS) is 11.6. The molecule has 0 aliphatic rings. The maximum absolute atomic E-state index is 12.4. The predicted octanol–water partition coefficient (Wildman–Crippen LogP) is 3.28. The molecule has 0 radical (unpaired) electrons. The highest BCUT2D eigenvalue weighted by atomic mass is 35.5. The molecule has 2 aromatic rings. The van der Waals surface area contributed by atoms with Crippen LogP contribution >= 0.6 is 22.9 Å². The quantitative estimate of drug-likeness (QED) is 0.903. The minimum atomic E-state index is -3.63. The Morgan fingerprint density at radius 2 is 2.05 bits per heavy atom. The SMILES string of the molecule is Cc1sc(CN)cc1S(=O)(=O)Nc1cccc(Cl)c1C. The van der Waals surface area contributed by atoms with Crippen molar-refractivity contribution in [1.29, 1.82) is 0 Å². The number of halogens is 1. The molecule has 108 valence electrons. The highest BCUT2D eigenvalue weighted by Crippen LogP contribution is 2.29. The molecule has 0 fully saturated rings. The van der Waals surface area contributed by atoms with E-state index in [1.54, 1.807) is 38.1 Å². The van der Waals surface area contributed by atoms with E-state index in [0.717, 1.165) is 9.75 Å². The van der Waals surface area contributed by atoms with Gasteiger partial charge in [-0.25, -0.2) is 8.42 Å². The fraction of sp³-hybridized carbons (Fsp3) is 0.231. The largest absolute Gasteiger partial charge is 0.326 e. The van der Waals surface area contributed by atoms with Crippen molar-refractivity contribution in [3.05, 3.63) is 44.6 Å². The Morgan fingerprint density at radius 3 is 2.65 bits per heavy atom. The van der Waals surface area contributed by atoms with E-state index in [0.29, 0.717) is 22.8 Å². The summed E-state index contributed by atoms with van der Waals surface area (Å²) in [6.45, 7) is 3.87. The second-order valence-electron chi connectivity index (χ2n) is 4.36. The van der Waals surface area contributed by atoms with E-state index < -0.39 is 10.0 Å². The molecular weight excluding hydrogens is 316 g/mol. The lowest BCUT2D eigenvalue weighted by atomic mass is 10.2. The van der Waals surface area contributed by atoms with Crippen LogP contribution in [0.5, 0.6) is 0 Å². The molecule has 0 unspecified atom stereocenters. The van der Waals surface area contributed by atoms with E-state index in [1.807, 2.05) is 0 Å². The summed E-state index contributed by atoms with van der Waals surface area (Å²) >= 11 is 7.39. The maximum Gasteiger partial charge on any atom is 0.263 e. The third-order valence-electron chi connectivity index (χ3n) is 2.93. The van der Waals surface area contributed by atoms with Gasteiger partial charge in [-0.1, -0.05) is 17.7 Å². The Balaban J connectivity index is 2.40. The van der Waals surface area contributed by atoms with Gasteiger partial charge in [0.1, 0.15) is 4.90 Å². The van der Waals surface area contributed by atoms with Gasteiger partial charge < -0.3 is 5.73 Å². The van der Waals surface area contributed by atoms with Crippen LogP contribution in [0.25, 0.3) is 0 Å². The molecule has 0 aliphatic heterocycles. The molecule has 0 bridgehead atoms. The summed E-state index contributed by atoms with van der Waals surface area (Å²) in [6, 6.07) is 6.72. The summed E-state index contributed by atoms with van der Waals surface area (Å²) < 4.78 is 27.4. The van der Waals surface area contributed by atoms with Crippen molar-refractivity contribution in [2.75, 3.05) is 4.72 Å². The van der Waals surface area contributed by atoms with Crippen molar-refractivity contribution in [2.45, 2.75) is 25.3 Å². The Bertz CT molecular complexity index is 739. The Morgan fingerprint density at radius 1 is 1.35 bits per heavy atom. The molecule has 0 spiro atoms. The maximum atomic E-state index is 12.4. The van der Waals surface area contributed by atoms with Gasteiger partial charge in [0, 0.05) is 21.3 Å². The monoisotopic (exact) mass is 330 g/mol. The Labute approximate surface area is 127 Å². The molecule has 1 heterocycles. The molecule has 20 heavy (non-hydrogen) atoms. The van der Waals surface area contributed by atoms with Crippen molar-refractivity contribution < 1.29 is 8.42 Å². The summed E-state index contributed by atoms with van der Waals surface area (Å²) in [6.07, 6.45) is 0. The highest BCUT2D eigenvalue weighted by molar-refractivity contribution is 7.93. The van der Waals surface area contributed by atoms with Crippen LogP contribution in [-0.2, 0) is 16.6 Å². The van der Waals surface area contributed by atoms with Crippen LogP contribution in [0.4, 0.5) is 5.69 Å². The predicted molar refractivity (Wildman–Crippen MR) is 83.9 cm³/mol. The summed E-state index contributed by atoms with van der Waals surface area (Å²) in [4.78, 5) is 1.82. The number of hydrogen-bond donors (Lipinski definition) is 2. The summed E-state index contributed by atoms with van der Waals surface area (Å²) in [5.41, 5.74) is 6.73. The topological polar surface area (TPSA) is 72.2 Å². The van der Waals surface area contributed by atoms with Crippen LogP contribution in [0.15, 0.2) is 29.2 Å². The molecule has 2 rings (SSSR count). The van der Waals surface area contributed by atoms with Crippen molar-refractivity contribution in [3.63, 3.8) is 0 Å². The fourth-order valence-electron chi connectivity index (χ4n) is 1.81. The van der Waals surface area contributed by atoms with Crippen LogP contribution in [0.1, 0.15) is 15.3 Å². The average molecular weight is 331 g/mol. The number of benzene rings is 1. The van der Waals surface area contributed by atoms with E-state index in [-0.39, 0.29) is 4.90 Å². The number of hydrogen-bond acceptors (Lipinski definition) is 4. The molecule has 0 amide bonds. The van der Waals surface area contributed by atoms with Gasteiger partial charge in [0.15, 0.2) is 0 Å². The number of rotatable bonds is 4. The fourth-order valence-corrected chi connectivity index (χ4v) is 4.62. The molecule has 0 aliphatic carbocycles.